The molecule has 0 spiro atoms. The quantitative estimate of drug-likeness (QED) is 0.639. The molecule has 1 aliphatic rings. The Kier molecular flexibility index (Phi) is 5.88. The molecule has 2 N–H and O–H groups in total. The molecule has 0 radical (unpaired) electrons. The second-order valence-electron chi connectivity index (χ2n) is 7.74. The fourth-order valence-corrected chi connectivity index (χ4v) is 3.78. The SMILES string of the molecule is CCCOC(=O)NC1CCN(c2nc(-c3c(O)cccc3F)nc3cc(C)ccc23)C1. The van der Waals surface area contributed by atoms with Gasteiger partial charge in [-0.3, -0.25) is 0 Å². The van der Waals surface area contributed by atoms with E-state index in [9.17, 15) is 14.3 Å². The molecular formula is C23H25FN4O3. The molecule has 1 saturated heterocycles. The molecule has 8 heteroatoms. The van der Waals surface area contributed by atoms with Gasteiger partial charge in [-0.1, -0.05) is 19.1 Å². The van der Waals surface area contributed by atoms with E-state index in [-0.39, 0.29) is 23.2 Å². The number of hydrogen-bond acceptors (Lipinski definition) is 6. The molecule has 1 aromatic heterocycles. The van der Waals surface area contributed by atoms with Gasteiger partial charge in [0.25, 0.3) is 0 Å². The smallest absolute Gasteiger partial charge is 0.407 e. The lowest BCUT2D eigenvalue weighted by Crippen LogP contribution is -2.37. The number of aromatic hydroxyl groups is 1. The van der Waals surface area contributed by atoms with Gasteiger partial charge >= 0.3 is 6.09 Å². The molecule has 7 nitrogen and oxygen atoms in total. The number of nitrogens with one attached hydrogen (secondary N) is 1. The summed E-state index contributed by atoms with van der Waals surface area (Å²) in [6.07, 6.45) is 1.08. The summed E-state index contributed by atoms with van der Waals surface area (Å²) in [4.78, 5) is 23.1. The molecule has 2 heterocycles. The summed E-state index contributed by atoms with van der Waals surface area (Å²) in [5.74, 6) is -0.0217. The third-order valence-electron chi connectivity index (χ3n) is 5.29. The minimum atomic E-state index is -0.586. The molecule has 1 atom stereocenters. The van der Waals surface area contributed by atoms with Crippen LogP contribution in [0.3, 0.4) is 0 Å². The summed E-state index contributed by atoms with van der Waals surface area (Å²) in [7, 11) is 0. The number of phenolic OH excluding ortho intramolecular Hbond substituents is 1. The first-order chi connectivity index (χ1) is 15.0. The summed E-state index contributed by atoms with van der Waals surface area (Å²) < 4.78 is 19.6. The number of carbonyl (C=O) groups excluding carboxylic acids is 1. The highest BCUT2D eigenvalue weighted by molar-refractivity contribution is 5.92. The number of carbonyl (C=O) groups is 1. The maximum Gasteiger partial charge on any atom is 0.407 e. The molecular weight excluding hydrogens is 399 g/mol. The second kappa shape index (κ2) is 8.75. The predicted molar refractivity (Wildman–Crippen MR) is 117 cm³/mol. The number of phenols is 1. The number of anilines is 1. The monoisotopic (exact) mass is 424 g/mol. The van der Waals surface area contributed by atoms with Gasteiger partial charge in [0, 0.05) is 18.5 Å². The minimum absolute atomic E-state index is 0.0239. The highest BCUT2D eigenvalue weighted by atomic mass is 19.1. The maximum absolute atomic E-state index is 14.5. The van der Waals surface area contributed by atoms with E-state index in [0.717, 1.165) is 23.8 Å². The summed E-state index contributed by atoms with van der Waals surface area (Å²) >= 11 is 0. The van der Waals surface area contributed by atoms with Crippen LogP contribution in [0.1, 0.15) is 25.3 Å². The van der Waals surface area contributed by atoms with Gasteiger partial charge in [-0.25, -0.2) is 19.2 Å². The molecule has 2 aromatic carbocycles. The fraction of sp³-hybridized carbons (Fsp3) is 0.348. The number of aromatic nitrogens is 2. The van der Waals surface area contributed by atoms with Crippen LogP contribution in [-0.2, 0) is 4.74 Å². The van der Waals surface area contributed by atoms with Crippen molar-refractivity contribution in [2.75, 3.05) is 24.6 Å². The highest BCUT2D eigenvalue weighted by Gasteiger charge is 2.28. The van der Waals surface area contributed by atoms with E-state index in [0.29, 0.717) is 31.0 Å². The van der Waals surface area contributed by atoms with Gasteiger partial charge < -0.3 is 20.1 Å². The van der Waals surface area contributed by atoms with Crippen molar-refractivity contribution in [2.24, 2.45) is 0 Å². The Labute approximate surface area is 179 Å². The van der Waals surface area contributed by atoms with Gasteiger partial charge in [0.1, 0.15) is 17.4 Å². The molecule has 162 valence electrons. The van der Waals surface area contributed by atoms with Crippen LogP contribution < -0.4 is 10.2 Å². The average Bonchev–Trinajstić information content (AvgIpc) is 3.19. The molecule has 1 fully saturated rings. The number of amides is 1. The second-order valence-corrected chi connectivity index (χ2v) is 7.74. The van der Waals surface area contributed by atoms with Crippen molar-refractivity contribution in [1.82, 2.24) is 15.3 Å². The fourth-order valence-electron chi connectivity index (χ4n) is 3.78. The molecule has 3 aromatic rings. The first-order valence-corrected chi connectivity index (χ1v) is 10.4. The van der Waals surface area contributed by atoms with E-state index in [4.69, 9.17) is 4.74 Å². The zero-order valence-corrected chi connectivity index (χ0v) is 17.6. The summed E-state index contributed by atoms with van der Waals surface area (Å²) in [6, 6.07) is 9.88. The van der Waals surface area contributed by atoms with E-state index in [2.05, 4.69) is 15.3 Å². The Morgan fingerprint density at radius 3 is 2.94 bits per heavy atom. The number of halogens is 1. The van der Waals surface area contributed by atoms with Crippen molar-refractivity contribution in [3.8, 4) is 17.1 Å². The van der Waals surface area contributed by atoms with Crippen LogP contribution in [-0.4, -0.2) is 46.9 Å². The lowest BCUT2D eigenvalue weighted by molar-refractivity contribution is 0.143. The lowest BCUT2D eigenvalue weighted by Gasteiger charge is -2.21. The zero-order chi connectivity index (χ0) is 22.0. The van der Waals surface area contributed by atoms with Crippen molar-refractivity contribution in [2.45, 2.75) is 32.7 Å². The summed E-state index contributed by atoms with van der Waals surface area (Å²) in [6.45, 7) is 5.50. The predicted octanol–water partition coefficient (Wildman–Crippen LogP) is 4.16. The van der Waals surface area contributed by atoms with Crippen molar-refractivity contribution < 1.29 is 19.0 Å². The molecule has 0 bridgehead atoms. The average molecular weight is 424 g/mol. The Hall–Kier alpha value is -3.42. The lowest BCUT2D eigenvalue weighted by atomic mass is 10.1. The van der Waals surface area contributed by atoms with E-state index in [1.807, 2.05) is 36.9 Å². The Balaban J connectivity index is 1.70. The van der Waals surface area contributed by atoms with Gasteiger partial charge in [0.2, 0.25) is 0 Å². The van der Waals surface area contributed by atoms with E-state index in [1.165, 1.54) is 18.2 Å². The number of fused-ring (bicyclic) bond motifs is 1. The molecule has 0 aliphatic carbocycles. The van der Waals surface area contributed by atoms with E-state index in [1.54, 1.807) is 0 Å². The van der Waals surface area contributed by atoms with E-state index < -0.39 is 11.9 Å². The third kappa shape index (κ3) is 4.38. The van der Waals surface area contributed by atoms with Crippen molar-refractivity contribution in [3.63, 3.8) is 0 Å². The van der Waals surface area contributed by atoms with Crippen molar-refractivity contribution in [3.05, 3.63) is 47.8 Å². The van der Waals surface area contributed by atoms with Crippen LogP contribution in [0.25, 0.3) is 22.3 Å². The topological polar surface area (TPSA) is 87.6 Å². The maximum atomic E-state index is 14.5. The van der Waals surface area contributed by atoms with Crippen molar-refractivity contribution in [1.29, 1.82) is 0 Å². The zero-order valence-electron chi connectivity index (χ0n) is 17.6. The van der Waals surface area contributed by atoms with Gasteiger partial charge in [-0.05, 0) is 49.6 Å². The summed E-state index contributed by atoms with van der Waals surface area (Å²) in [5, 5.41) is 14.0. The standard InChI is InChI=1S/C23H25FN4O3/c1-3-11-31-23(30)25-15-9-10-28(13-15)22-16-8-7-14(2)12-18(16)26-21(27-22)20-17(24)5-4-6-19(20)29/h4-8,12,15,29H,3,9-11,13H2,1-2H3,(H,25,30). The first-order valence-electron chi connectivity index (χ1n) is 10.4. The van der Waals surface area contributed by atoms with Gasteiger partial charge in [0.15, 0.2) is 5.82 Å². The molecule has 4 rings (SSSR count). The van der Waals surface area contributed by atoms with Crippen LogP contribution in [0.15, 0.2) is 36.4 Å². The molecule has 31 heavy (non-hydrogen) atoms. The van der Waals surface area contributed by atoms with Crippen LogP contribution in [0.5, 0.6) is 5.75 Å². The molecule has 1 amide bonds. The van der Waals surface area contributed by atoms with Crippen LogP contribution >= 0.6 is 0 Å². The van der Waals surface area contributed by atoms with Gasteiger partial charge in [-0.2, -0.15) is 0 Å². The Morgan fingerprint density at radius 2 is 2.16 bits per heavy atom. The number of ether oxygens (including phenoxy) is 1. The minimum Gasteiger partial charge on any atom is -0.507 e. The normalized spacial score (nSPS) is 16.0. The number of benzene rings is 2. The van der Waals surface area contributed by atoms with Crippen LogP contribution in [0, 0.1) is 12.7 Å². The number of hydrogen-bond donors (Lipinski definition) is 2. The Bertz CT molecular complexity index is 1100. The first kappa shape index (κ1) is 20.8. The number of alkyl carbamates (subject to hydrolysis) is 1. The van der Waals surface area contributed by atoms with Crippen LogP contribution in [0.2, 0.25) is 0 Å². The van der Waals surface area contributed by atoms with Gasteiger partial charge in [0.05, 0.1) is 23.7 Å². The number of aryl methyl sites for hydroxylation is 1. The van der Waals surface area contributed by atoms with E-state index >= 15 is 0 Å². The highest BCUT2D eigenvalue weighted by Crippen LogP contribution is 2.34. The number of nitrogens with zero attached hydrogens (tertiary/aromatic N) is 3. The summed E-state index contributed by atoms with van der Waals surface area (Å²) in [5.41, 5.74) is 1.66. The molecule has 0 saturated carbocycles. The largest absolute Gasteiger partial charge is 0.507 e. The number of rotatable bonds is 5. The Morgan fingerprint density at radius 1 is 1.32 bits per heavy atom. The molecule has 1 unspecified atom stereocenters. The van der Waals surface area contributed by atoms with Gasteiger partial charge in [-0.15, -0.1) is 0 Å². The van der Waals surface area contributed by atoms with Crippen molar-refractivity contribution >= 4 is 22.8 Å². The third-order valence-corrected chi connectivity index (χ3v) is 5.29. The van der Waals surface area contributed by atoms with Crippen LogP contribution in [0.4, 0.5) is 15.0 Å². The molecule has 1 aliphatic heterocycles.